The van der Waals surface area contributed by atoms with Gasteiger partial charge in [-0.05, 0) is 25.7 Å². The Hall–Kier alpha value is -1.57. The summed E-state index contributed by atoms with van der Waals surface area (Å²) in [5, 5.41) is 14.7. The van der Waals surface area contributed by atoms with Crippen LogP contribution in [-0.2, 0) is 0 Å². The number of hydrogen-bond acceptors (Lipinski definition) is 5. The lowest BCUT2D eigenvalue weighted by Gasteiger charge is -2.10. The minimum absolute atomic E-state index is 0.117. The smallest absolute Gasteiger partial charge is 0.116 e. The number of nitroso groups, excluding NO2 is 2. The number of rotatable bonds is 17. The maximum Gasteiger partial charge on any atom is 0.116 e. The molecule has 0 aliphatic carbocycles. The molecule has 0 fully saturated rings. The average Bonchev–Trinajstić information content (AvgIpc) is 2.57. The van der Waals surface area contributed by atoms with Crippen molar-refractivity contribution in [3.8, 4) is 6.07 Å². The first-order valence-electron chi connectivity index (χ1n) is 8.90. The summed E-state index contributed by atoms with van der Waals surface area (Å²) < 4.78 is 0. The Bertz CT molecular complexity index is 353. The predicted molar refractivity (Wildman–Crippen MR) is 94.9 cm³/mol. The van der Waals surface area contributed by atoms with Gasteiger partial charge in [0.15, 0.2) is 0 Å². The number of nitrogens with zero attached hydrogens (tertiary/aromatic N) is 3. The Morgan fingerprint density at radius 3 is 2.00 bits per heavy atom. The molecular weight excluding hydrogens is 290 g/mol. The SMILES string of the molecule is C=CCCCCCCCCCCC[C@H](C#N)CC(CN=O)N=O. The summed E-state index contributed by atoms with van der Waals surface area (Å²) >= 11 is 0. The molecule has 0 rings (SSSR count). The van der Waals surface area contributed by atoms with Crippen molar-refractivity contribution in [2.24, 2.45) is 16.3 Å². The zero-order chi connectivity index (χ0) is 17.2. The first kappa shape index (κ1) is 21.4. The van der Waals surface area contributed by atoms with Crippen LogP contribution in [0.4, 0.5) is 0 Å². The van der Waals surface area contributed by atoms with Crippen molar-refractivity contribution >= 4 is 0 Å². The van der Waals surface area contributed by atoms with E-state index < -0.39 is 6.04 Å². The standard InChI is InChI=1S/C18H31N3O2/c1-2-3-4-5-6-7-8-9-10-11-12-13-17(15-19)14-18(21-23)16-20-22/h2,17-18H,1,3-14,16H2/t17-,18?/m0/s1. The third kappa shape index (κ3) is 13.8. The molecule has 130 valence electrons. The van der Waals surface area contributed by atoms with Gasteiger partial charge >= 0.3 is 0 Å². The molecule has 1 unspecified atom stereocenters. The first-order chi connectivity index (χ1) is 11.3. The van der Waals surface area contributed by atoms with Crippen LogP contribution in [0.2, 0.25) is 0 Å². The summed E-state index contributed by atoms with van der Waals surface area (Å²) in [6.07, 6.45) is 15.3. The second-order valence-electron chi connectivity index (χ2n) is 6.18. The molecule has 0 aliphatic heterocycles. The van der Waals surface area contributed by atoms with E-state index in [4.69, 9.17) is 5.26 Å². The van der Waals surface area contributed by atoms with Crippen LogP contribution >= 0.6 is 0 Å². The maximum absolute atomic E-state index is 10.5. The summed E-state index contributed by atoms with van der Waals surface area (Å²) in [5.74, 6) is -0.190. The van der Waals surface area contributed by atoms with Crippen LogP contribution < -0.4 is 0 Å². The van der Waals surface area contributed by atoms with Crippen LogP contribution in [0.1, 0.15) is 77.0 Å². The minimum atomic E-state index is -0.641. The van der Waals surface area contributed by atoms with E-state index in [0.29, 0.717) is 6.42 Å². The molecule has 0 saturated carbocycles. The Labute approximate surface area is 140 Å². The van der Waals surface area contributed by atoms with Crippen molar-refractivity contribution in [3.05, 3.63) is 22.5 Å². The van der Waals surface area contributed by atoms with Gasteiger partial charge < -0.3 is 0 Å². The van der Waals surface area contributed by atoms with E-state index in [9.17, 15) is 9.81 Å². The fourth-order valence-corrected chi connectivity index (χ4v) is 2.72. The van der Waals surface area contributed by atoms with Gasteiger partial charge in [-0.2, -0.15) is 15.1 Å². The molecule has 0 bridgehead atoms. The molecular formula is C18H31N3O2. The van der Waals surface area contributed by atoms with Gasteiger partial charge in [0.2, 0.25) is 0 Å². The second-order valence-corrected chi connectivity index (χ2v) is 6.18. The summed E-state index contributed by atoms with van der Waals surface area (Å²) in [6.45, 7) is 3.61. The Balaban J connectivity index is 3.50. The normalized spacial score (nSPS) is 13.0. The van der Waals surface area contributed by atoms with Crippen LogP contribution in [0.15, 0.2) is 23.0 Å². The summed E-state index contributed by atoms with van der Waals surface area (Å²) in [4.78, 5) is 20.7. The highest BCUT2D eigenvalue weighted by atomic mass is 16.3. The maximum atomic E-state index is 10.5. The Morgan fingerprint density at radius 1 is 0.957 bits per heavy atom. The van der Waals surface area contributed by atoms with Gasteiger partial charge in [0.1, 0.15) is 12.6 Å². The molecule has 0 amide bonds. The fourth-order valence-electron chi connectivity index (χ4n) is 2.72. The largest absolute Gasteiger partial charge is 0.198 e. The van der Waals surface area contributed by atoms with Crippen molar-refractivity contribution in [1.82, 2.24) is 0 Å². The van der Waals surface area contributed by atoms with E-state index >= 15 is 0 Å². The molecule has 0 aromatic rings. The lowest BCUT2D eigenvalue weighted by atomic mass is 9.95. The van der Waals surface area contributed by atoms with Crippen molar-refractivity contribution in [2.45, 2.75) is 83.1 Å². The summed E-state index contributed by atoms with van der Waals surface area (Å²) in [7, 11) is 0. The highest BCUT2D eigenvalue weighted by molar-refractivity contribution is 4.87. The van der Waals surface area contributed by atoms with Crippen LogP contribution in [0.5, 0.6) is 0 Å². The van der Waals surface area contributed by atoms with Crippen LogP contribution in [0.25, 0.3) is 0 Å². The number of hydrogen-bond donors (Lipinski definition) is 0. The average molecular weight is 321 g/mol. The van der Waals surface area contributed by atoms with E-state index in [-0.39, 0.29) is 12.5 Å². The highest BCUT2D eigenvalue weighted by Gasteiger charge is 2.16. The van der Waals surface area contributed by atoms with Gasteiger partial charge in [-0.25, -0.2) is 0 Å². The van der Waals surface area contributed by atoms with Crippen molar-refractivity contribution in [3.63, 3.8) is 0 Å². The minimum Gasteiger partial charge on any atom is -0.198 e. The number of unbranched alkanes of at least 4 members (excludes halogenated alkanes) is 9. The molecule has 0 heterocycles. The molecule has 0 aromatic carbocycles. The van der Waals surface area contributed by atoms with Gasteiger partial charge in [-0.3, -0.25) is 0 Å². The monoisotopic (exact) mass is 321 g/mol. The fraction of sp³-hybridized carbons (Fsp3) is 0.833. The van der Waals surface area contributed by atoms with E-state index in [1.54, 1.807) is 0 Å². The molecule has 23 heavy (non-hydrogen) atoms. The van der Waals surface area contributed by atoms with Gasteiger partial charge in [-0.15, -0.1) is 6.58 Å². The third-order valence-corrected chi connectivity index (χ3v) is 4.13. The zero-order valence-electron chi connectivity index (χ0n) is 14.3. The van der Waals surface area contributed by atoms with E-state index in [1.807, 2.05) is 6.08 Å². The third-order valence-electron chi connectivity index (χ3n) is 4.13. The zero-order valence-corrected chi connectivity index (χ0v) is 14.3. The topological polar surface area (TPSA) is 82.7 Å². The van der Waals surface area contributed by atoms with Gasteiger partial charge in [-0.1, -0.05) is 67.8 Å². The molecule has 0 N–H and O–H groups in total. The van der Waals surface area contributed by atoms with Crippen LogP contribution in [-0.4, -0.2) is 12.6 Å². The molecule has 0 spiro atoms. The molecule has 2 atom stereocenters. The molecule has 0 aromatic heterocycles. The lowest BCUT2D eigenvalue weighted by molar-refractivity contribution is 0.458. The Morgan fingerprint density at radius 2 is 1.52 bits per heavy atom. The van der Waals surface area contributed by atoms with E-state index in [1.165, 1.54) is 44.9 Å². The quantitative estimate of drug-likeness (QED) is 0.190. The molecule has 5 heteroatoms. The van der Waals surface area contributed by atoms with E-state index in [2.05, 4.69) is 23.0 Å². The Kier molecular flexibility index (Phi) is 15.6. The van der Waals surface area contributed by atoms with Crippen molar-refractivity contribution in [1.29, 1.82) is 5.26 Å². The van der Waals surface area contributed by atoms with Crippen molar-refractivity contribution in [2.75, 3.05) is 6.54 Å². The van der Waals surface area contributed by atoms with Crippen molar-refractivity contribution < 1.29 is 0 Å². The van der Waals surface area contributed by atoms with E-state index in [0.717, 1.165) is 25.7 Å². The van der Waals surface area contributed by atoms with Gasteiger partial charge in [0.05, 0.1) is 6.07 Å². The second kappa shape index (κ2) is 16.8. The van der Waals surface area contributed by atoms with Crippen LogP contribution in [0, 0.1) is 27.1 Å². The number of nitriles is 1. The highest BCUT2D eigenvalue weighted by Crippen LogP contribution is 2.18. The first-order valence-corrected chi connectivity index (χ1v) is 8.90. The molecule has 0 aliphatic rings. The molecule has 0 radical (unpaired) electrons. The van der Waals surface area contributed by atoms with Gasteiger partial charge in [0, 0.05) is 5.92 Å². The predicted octanol–water partition coefficient (Wildman–Crippen LogP) is 5.89. The molecule has 0 saturated heterocycles. The summed E-state index contributed by atoms with van der Waals surface area (Å²) in [6, 6.07) is 1.57. The lowest BCUT2D eigenvalue weighted by Crippen LogP contribution is -2.13. The molecule has 5 nitrogen and oxygen atoms in total. The number of allylic oxidation sites excluding steroid dienone is 1. The van der Waals surface area contributed by atoms with Gasteiger partial charge in [0.25, 0.3) is 0 Å². The van der Waals surface area contributed by atoms with Crippen LogP contribution in [0.3, 0.4) is 0 Å². The summed E-state index contributed by atoms with van der Waals surface area (Å²) in [5.41, 5.74) is 0.